The molecule has 3 N–H and O–H groups in total. The molecule has 3 aliphatic heterocycles. The molecule has 3 aromatic rings. The van der Waals surface area contributed by atoms with Gasteiger partial charge in [0, 0.05) is 17.1 Å². The zero-order chi connectivity index (χ0) is 28.0. The molecule has 1 spiro atoms. The average Bonchev–Trinajstić information content (AvgIpc) is 3.56. The van der Waals surface area contributed by atoms with Crippen LogP contribution in [0.4, 0.5) is 5.69 Å². The topological polar surface area (TPSA) is 108 Å². The van der Waals surface area contributed by atoms with Gasteiger partial charge in [0.2, 0.25) is 17.7 Å². The highest BCUT2D eigenvalue weighted by Crippen LogP contribution is 2.61. The van der Waals surface area contributed by atoms with Gasteiger partial charge in [0.25, 0.3) is 0 Å². The number of nitrogens with one attached hydrogen (secondary N) is 2. The average molecular weight is 607 g/mol. The Morgan fingerprint density at radius 2 is 1.80 bits per heavy atom. The first kappa shape index (κ1) is 26.9. The van der Waals surface area contributed by atoms with Gasteiger partial charge in [0.1, 0.15) is 11.6 Å². The number of ether oxygens (including phenoxy) is 1. The van der Waals surface area contributed by atoms with Crippen LogP contribution in [0.3, 0.4) is 0 Å². The van der Waals surface area contributed by atoms with Gasteiger partial charge >= 0.3 is 0 Å². The molecule has 40 heavy (non-hydrogen) atoms. The van der Waals surface area contributed by atoms with Crippen LogP contribution in [0.5, 0.6) is 0 Å². The van der Waals surface area contributed by atoms with E-state index in [1.54, 1.807) is 0 Å². The lowest BCUT2D eigenvalue weighted by molar-refractivity contribution is -0.144. The summed E-state index contributed by atoms with van der Waals surface area (Å²) in [5.41, 5.74) is 0.0827. The zero-order valence-electron chi connectivity index (χ0n) is 22.1. The van der Waals surface area contributed by atoms with Crippen LogP contribution >= 0.6 is 15.9 Å². The van der Waals surface area contributed by atoms with E-state index in [9.17, 15) is 19.5 Å². The normalized spacial score (nSPS) is 29.4. The highest BCUT2D eigenvalue weighted by atomic mass is 79.9. The minimum absolute atomic E-state index is 0.200. The Hall–Kier alpha value is -3.27. The summed E-state index contributed by atoms with van der Waals surface area (Å²) in [6.07, 6.45) is 0.619. The van der Waals surface area contributed by atoms with E-state index >= 15 is 0 Å². The van der Waals surface area contributed by atoms with Gasteiger partial charge in [0.15, 0.2) is 0 Å². The number of rotatable bonds is 8. The minimum atomic E-state index is -1.22. The molecule has 3 unspecified atom stereocenters. The van der Waals surface area contributed by atoms with Crippen molar-refractivity contribution in [2.24, 2.45) is 11.8 Å². The summed E-state index contributed by atoms with van der Waals surface area (Å²) in [5.74, 6) is -2.58. The first-order valence-electron chi connectivity index (χ1n) is 13.8. The predicted octanol–water partition coefficient (Wildman–Crippen LogP) is 3.79. The van der Waals surface area contributed by atoms with Crippen molar-refractivity contribution in [3.8, 4) is 0 Å². The molecule has 208 valence electrons. The van der Waals surface area contributed by atoms with Crippen LogP contribution in [-0.2, 0) is 19.1 Å². The molecule has 2 bridgehead atoms. The highest BCUT2D eigenvalue weighted by molar-refractivity contribution is 9.09. The Labute approximate surface area is 241 Å². The summed E-state index contributed by atoms with van der Waals surface area (Å²) in [4.78, 5) is 43.3. The molecule has 3 heterocycles. The number of anilines is 1. The predicted molar refractivity (Wildman–Crippen MR) is 155 cm³/mol. The molecular weight excluding hydrogens is 574 g/mol. The lowest BCUT2D eigenvalue weighted by Gasteiger charge is -2.37. The van der Waals surface area contributed by atoms with Gasteiger partial charge in [-0.15, -0.1) is 0 Å². The quantitative estimate of drug-likeness (QED) is 0.339. The number of alkyl halides is 1. The molecule has 7 atom stereocenters. The van der Waals surface area contributed by atoms with Crippen LogP contribution in [0.25, 0.3) is 10.8 Å². The van der Waals surface area contributed by atoms with E-state index < -0.39 is 41.5 Å². The first-order valence-corrected chi connectivity index (χ1v) is 14.7. The van der Waals surface area contributed by atoms with E-state index in [4.69, 9.17) is 4.74 Å². The Morgan fingerprint density at radius 3 is 2.52 bits per heavy atom. The number of carbonyl (C=O) groups is 3. The maximum absolute atomic E-state index is 14.3. The number of likely N-dealkylation sites (tertiary alicyclic amines) is 1. The number of fused-ring (bicyclic) bond motifs is 2. The molecule has 9 heteroatoms. The molecule has 6 rings (SSSR count). The van der Waals surface area contributed by atoms with Gasteiger partial charge in [-0.2, -0.15) is 0 Å². The maximum Gasteiger partial charge on any atom is 0.250 e. The Balaban J connectivity index is 1.42. The summed E-state index contributed by atoms with van der Waals surface area (Å²) in [6, 6.07) is 20.9. The van der Waals surface area contributed by atoms with E-state index in [-0.39, 0.29) is 23.2 Å². The van der Waals surface area contributed by atoms with Crippen molar-refractivity contribution in [1.29, 1.82) is 0 Å². The lowest BCUT2D eigenvalue weighted by atomic mass is 9.70. The number of amides is 3. The monoisotopic (exact) mass is 605 g/mol. The van der Waals surface area contributed by atoms with Crippen LogP contribution in [0.2, 0.25) is 0 Å². The standard InChI is InChI=1S/C31H32BrN3O5/c1-2-14-33-28(37)24-25-30(39)35(23(17-36)19-9-4-3-5-10-19)27(31(25)16-22(32)26(24)40-31)29(38)34-21-13-12-18-8-6-7-11-20(18)15-21/h3-13,15,22-27,36H,2,14,16-17H2,1H3,(H,33,37)(H,34,38)/t22?,23-,24+,25+,26+,27?,31?/m1/s1. The fraction of sp³-hybridized carbons (Fsp3) is 0.387. The van der Waals surface area contributed by atoms with Crippen molar-refractivity contribution in [2.75, 3.05) is 18.5 Å². The number of aliphatic hydroxyl groups is 1. The minimum Gasteiger partial charge on any atom is -0.394 e. The fourth-order valence-electron chi connectivity index (χ4n) is 6.88. The van der Waals surface area contributed by atoms with Crippen molar-refractivity contribution in [3.63, 3.8) is 0 Å². The molecule has 8 nitrogen and oxygen atoms in total. The second-order valence-corrected chi connectivity index (χ2v) is 12.0. The molecule has 0 saturated carbocycles. The molecule has 3 aromatic carbocycles. The summed E-state index contributed by atoms with van der Waals surface area (Å²) < 4.78 is 6.57. The second-order valence-electron chi connectivity index (χ2n) is 10.9. The Bertz CT molecular complexity index is 1450. The number of carbonyl (C=O) groups excluding carboxylic acids is 3. The van der Waals surface area contributed by atoms with E-state index in [2.05, 4.69) is 26.6 Å². The van der Waals surface area contributed by atoms with Crippen LogP contribution in [-0.4, -0.2) is 63.5 Å². The van der Waals surface area contributed by atoms with Gasteiger partial charge in [-0.05, 0) is 41.3 Å². The number of hydrogen-bond donors (Lipinski definition) is 3. The fourth-order valence-corrected chi connectivity index (χ4v) is 7.82. The van der Waals surface area contributed by atoms with Crippen molar-refractivity contribution in [1.82, 2.24) is 10.2 Å². The van der Waals surface area contributed by atoms with Crippen LogP contribution in [0.15, 0.2) is 72.8 Å². The van der Waals surface area contributed by atoms with Crippen LogP contribution in [0.1, 0.15) is 31.4 Å². The zero-order valence-corrected chi connectivity index (χ0v) is 23.7. The van der Waals surface area contributed by atoms with Crippen molar-refractivity contribution < 1.29 is 24.2 Å². The molecule has 0 radical (unpaired) electrons. The largest absolute Gasteiger partial charge is 0.394 e. The van der Waals surface area contributed by atoms with Crippen molar-refractivity contribution >= 4 is 50.1 Å². The molecule has 3 fully saturated rings. The van der Waals surface area contributed by atoms with Crippen LogP contribution < -0.4 is 10.6 Å². The summed E-state index contributed by atoms with van der Waals surface area (Å²) in [6.45, 7) is 2.07. The third-order valence-corrected chi connectivity index (χ3v) is 9.38. The number of aliphatic hydroxyl groups excluding tert-OH is 1. The summed E-state index contributed by atoms with van der Waals surface area (Å²) in [5, 5.41) is 18.6. The Kier molecular flexibility index (Phi) is 7.14. The molecule has 3 saturated heterocycles. The summed E-state index contributed by atoms with van der Waals surface area (Å²) >= 11 is 3.70. The number of halogens is 1. The van der Waals surface area contributed by atoms with Gasteiger partial charge in [-0.25, -0.2) is 0 Å². The van der Waals surface area contributed by atoms with Gasteiger partial charge in [0.05, 0.1) is 30.6 Å². The van der Waals surface area contributed by atoms with Gasteiger partial charge in [-0.3, -0.25) is 14.4 Å². The Morgan fingerprint density at radius 1 is 1.07 bits per heavy atom. The maximum atomic E-state index is 14.3. The number of nitrogens with zero attached hydrogens (tertiary/aromatic N) is 1. The SMILES string of the molecule is CCCNC(=O)[C@H]1[C@H]2C(=O)N([C@H](CO)c3ccccc3)C(C(=O)Nc3ccc4ccccc4c3)C23CC(Br)[C@@H]1O3. The molecule has 3 aliphatic rings. The third kappa shape index (κ3) is 4.22. The van der Waals surface area contributed by atoms with E-state index in [0.29, 0.717) is 24.2 Å². The summed E-state index contributed by atoms with van der Waals surface area (Å²) in [7, 11) is 0. The van der Waals surface area contributed by atoms with Crippen molar-refractivity contribution in [3.05, 3.63) is 78.4 Å². The van der Waals surface area contributed by atoms with Gasteiger partial charge in [-0.1, -0.05) is 83.5 Å². The van der Waals surface area contributed by atoms with Crippen LogP contribution in [0, 0.1) is 11.8 Å². The smallest absolute Gasteiger partial charge is 0.250 e. The van der Waals surface area contributed by atoms with E-state index in [1.165, 1.54) is 4.90 Å². The highest BCUT2D eigenvalue weighted by Gasteiger charge is 2.77. The third-order valence-electron chi connectivity index (χ3n) is 8.54. The number of benzene rings is 3. The molecule has 3 amide bonds. The first-order chi connectivity index (χ1) is 19.4. The lowest BCUT2D eigenvalue weighted by Crippen LogP contribution is -2.55. The second kappa shape index (κ2) is 10.6. The van der Waals surface area contributed by atoms with Gasteiger partial charge < -0.3 is 25.4 Å². The molecular formula is C31H32BrN3O5. The molecule has 0 aromatic heterocycles. The van der Waals surface area contributed by atoms with E-state index in [1.807, 2.05) is 79.7 Å². The van der Waals surface area contributed by atoms with E-state index in [0.717, 1.165) is 17.2 Å². The molecule has 0 aliphatic carbocycles. The van der Waals surface area contributed by atoms with Crippen molar-refractivity contribution in [2.45, 2.75) is 48.4 Å². The number of hydrogen-bond acceptors (Lipinski definition) is 5.